The Morgan fingerprint density at radius 3 is 2.50 bits per heavy atom. The molecule has 0 aromatic heterocycles. The lowest BCUT2D eigenvalue weighted by atomic mass is 10.1. The van der Waals surface area contributed by atoms with Crippen molar-refractivity contribution in [3.63, 3.8) is 0 Å². The predicted molar refractivity (Wildman–Crippen MR) is 143 cm³/mol. The van der Waals surface area contributed by atoms with Gasteiger partial charge in [-0.3, -0.25) is 25.8 Å². The number of hydrogen-bond donors (Lipinski definition) is 3. The van der Waals surface area contributed by atoms with Crippen LogP contribution in [0.25, 0.3) is 10.8 Å². The van der Waals surface area contributed by atoms with E-state index in [4.69, 9.17) is 21.7 Å². The molecule has 0 saturated heterocycles. The smallest absolute Gasteiger partial charge is 0.276 e. The molecular formula is C24H23Br2N3O4S. The Morgan fingerprint density at radius 1 is 0.971 bits per heavy atom. The van der Waals surface area contributed by atoms with Gasteiger partial charge in [-0.25, -0.2) is 0 Å². The first-order chi connectivity index (χ1) is 16.4. The molecule has 3 aromatic carbocycles. The van der Waals surface area contributed by atoms with E-state index >= 15 is 0 Å². The topological polar surface area (TPSA) is 88.7 Å². The number of amides is 2. The Morgan fingerprint density at radius 2 is 1.74 bits per heavy atom. The van der Waals surface area contributed by atoms with E-state index in [1.54, 1.807) is 24.3 Å². The summed E-state index contributed by atoms with van der Waals surface area (Å²) in [6.07, 6.45) is 1.98. The minimum atomic E-state index is -0.465. The molecule has 0 aliphatic carbocycles. The quantitative estimate of drug-likeness (QED) is 0.184. The molecule has 0 spiro atoms. The average Bonchev–Trinajstić information content (AvgIpc) is 2.83. The first-order valence-electron chi connectivity index (χ1n) is 10.5. The Labute approximate surface area is 219 Å². The van der Waals surface area contributed by atoms with E-state index in [9.17, 15) is 9.59 Å². The second kappa shape index (κ2) is 12.7. The molecule has 0 aliphatic heterocycles. The molecule has 34 heavy (non-hydrogen) atoms. The summed E-state index contributed by atoms with van der Waals surface area (Å²) < 4.78 is 12.7. The van der Waals surface area contributed by atoms with E-state index in [1.165, 1.54) is 0 Å². The second-order valence-electron chi connectivity index (χ2n) is 7.19. The number of carbonyl (C=O) groups excluding carboxylic acids is 2. The molecule has 10 heteroatoms. The van der Waals surface area contributed by atoms with Crippen molar-refractivity contribution < 1.29 is 19.1 Å². The molecular weight excluding hydrogens is 586 g/mol. The molecule has 3 rings (SSSR count). The molecule has 3 aromatic rings. The molecule has 0 bridgehead atoms. The van der Waals surface area contributed by atoms with Gasteiger partial charge < -0.3 is 9.47 Å². The lowest BCUT2D eigenvalue weighted by Gasteiger charge is -2.13. The second-order valence-corrected chi connectivity index (χ2v) is 9.25. The lowest BCUT2D eigenvalue weighted by molar-refractivity contribution is -0.123. The third-order valence-corrected chi connectivity index (χ3v) is 6.32. The van der Waals surface area contributed by atoms with Crippen molar-refractivity contribution in [3.05, 3.63) is 69.1 Å². The van der Waals surface area contributed by atoms with E-state index in [0.29, 0.717) is 28.1 Å². The molecule has 0 atom stereocenters. The van der Waals surface area contributed by atoms with Crippen LogP contribution in [0.3, 0.4) is 0 Å². The number of ether oxygens (including phenoxy) is 2. The first kappa shape index (κ1) is 25.9. The van der Waals surface area contributed by atoms with Crippen molar-refractivity contribution in [2.75, 3.05) is 13.2 Å². The van der Waals surface area contributed by atoms with E-state index in [0.717, 1.165) is 28.1 Å². The average molecular weight is 609 g/mol. The number of hydrogen-bond acceptors (Lipinski definition) is 5. The number of carbonyl (C=O) groups is 2. The lowest BCUT2D eigenvalue weighted by Crippen LogP contribution is -2.49. The van der Waals surface area contributed by atoms with E-state index in [-0.39, 0.29) is 11.7 Å². The zero-order valence-corrected chi connectivity index (χ0v) is 22.3. The fourth-order valence-corrected chi connectivity index (χ4v) is 4.17. The maximum absolute atomic E-state index is 12.4. The summed E-state index contributed by atoms with van der Waals surface area (Å²) in [5.74, 6) is 0.310. The summed E-state index contributed by atoms with van der Waals surface area (Å²) in [5.41, 5.74) is 5.28. The van der Waals surface area contributed by atoms with Crippen LogP contribution in [-0.4, -0.2) is 30.1 Å². The van der Waals surface area contributed by atoms with Crippen molar-refractivity contribution in [1.82, 2.24) is 16.2 Å². The summed E-state index contributed by atoms with van der Waals surface area (Å²) in [6, 6.07) is 16.5. The first-order valence-corrected chi connectivity index (χ1v) is 12.5. The number of halogens is 2. The van der Waals surface area contributed by atoms with Gasteiger partial charge in [-0.2, -0.15) is 0 Å². The van der Waals surface area contributed by atoms with Gasteiger partial charge in [0.15, 0.2) is 11.7 Å². The zero-order chi connectivity index (χ0) is 24.5. The van der Waals surface area contributed by atoms with Crippen LogP contribution in [0.5, 0.6) is 11.5 Å². The van der Waals surface area contributed by atoms with Gasteiger partial charge in [-0.05, 0) is 85.5 Å². The molecule has 7 nitrogen and oxygen atoms in total. The normalized spacial score (nSPS) is 10.4. The fraction of sp³-hybridized carbons (Fsp3) is 0.208. The Kier molecular flexibility index (Phi) is 9.67. The van der Waals surface area contributed by atoms with Gasteiger partial charge in [0.05, 0.1) is 15.6 Å². The van der Waals surface area contributed by atoms with Gasteiger partial charge in [-0.15, -0.1) is 0 Å². The van der Waals surface area contributed by atoms with E-state index in [2.05, 4.69) is 55.0 Å². The molecule has 2 amide bonds. The minimum Gasteiger partial charge on any atom is -0.492 e. The number of rotatable bonds is 8. The Balaban J connectivity index is 1.45. The van der Waals surface area contributed by atoms with Crippen molar-refractivity contribution in [3.8, 4) is 11.5 Å². The molecule has 0 radical (unpaired) electrons. The summed E-state index contributed by atoms with van der Waals surface area (Å²) in [6.45, 7) is 2.45. The number of hydrazine groups is 1. The van der Waals surface area contributed by atoms with Crippen molar-refractivity contribution >= 4 is 71.8 Å². The monoisotopic (exact) mass is 607 g/mol. The highest BCUT2D eigenvalue weighted by Gasteiger charge is 2.12. The van der Waals surface area contributed by atoms with E-state index in [1.807, 2.05) is 30.3 Å². The van der Waals surface area contributed by atoms with Crippen LogP contribution in [-0.2, 0) is 4.79 Å². The number of benzene rings is 3. The van der Waals surface area contributed by atoms with Crippen LogP contribution in [0.4, 0.5) is 0 Å². The molecule has 0 heterocycles. The van der Waals surface area contributed by atoms with Gasteiger partial charge in [0, 0.05) is 5.56 Å². The summed E-state index contributed by atoms with van der Waals surface area (Å²) in [5, 5.41) is 4.50. The Hall–Kier alpha value is -2.69. The zero-order valence-electron chi connectivity index (χ0n) is 18.3. The summed E-state index contributed by atoms with van der Waals surface area (Å²) >= 11 is 12.0. The highest BCUT2D eigenvalue weighted by Crippen LogP contribution is 2.33. The van der Waals surface area contributed by atoms with Crippen LogP contribution >= 0.6 is 44.1 Å². The SMILES string of the molecule is CCCCOc1ccc(C(=O)NC(=S)NNC(=O)COc2ccc3ccccc3c2Br)cc1Br. The number of thiocarbonyl (C=S) groups is 1. The molecule has 0 aliphatic rings. The number of nitrogens with one attached hydrogen (secondary N) is 3. The predicted octanol–water partition coefficient (Wildman–Crippen LogP) is 5.26. The fourth-order valence-electron chi connectivity index (χ4n) is 2.92. The van der Waals surface area contributed by atoms with E-state index < -0.39 is 11.8 Å². The number of fused-ring (bicyclic) bond motifs is 1. The van der Waals surface area contributed by atoms with Crippen molar-refractivity contribution in [2.24, 2.45) is 0 Å². The van der Waals surface area contributed by atoms with Crippen molar-refractivity contribution in [1.29, 1.82) is 0 Å². The third-order valence-electron chi connectivity index (χ3n) is 4.68. The van der Waals surface area contributed by atoms with Crippen LogP contribution in [0.15, 0.2) is 63.5 Å². The van der Waals surface area contributed by atoms with Crippen LogP contribution in [0.1, 0.15) is 30.1 Å². The van der Waals surface area contributed by atoms with Gasteiger partial charge in [0.1, 0.15) is 11.5 Å². The maximum atomic E-state index is 12.4. The molecule has 0 saturated carbocycles. The third kappa shape index (κ3) is 7.15. The Bertz CT molecular complexity index is 1210. The summed E-state index contributed by atoms with van der Waals surface area (Å²) in [4.78, 5) is 24.6. The van der Waals surface area contributed by atoms with Crippen molar-refractivity contribution in [2.45, 2.75) is 19.8 Å². The van der Waals surface area contributed by atoms with Gasteiger partial charge >= 0.3 is 0 Å². The largest absolute Gasteiger partial charge is 0.492 e. The summed E-state index contributed by atoms with van der Waals surface area (Å²) in [7, 11) is 0. The van der Waals surface area contributed by atoms with Gasteiger partial charge in [-0.1, -0.05) is 43.7 Å². The highest BCUT2D eigenvalue weighted by molar-refractivity contribution is 9.11. The van der Waals surface area contributed by atoms with Crippen LogP contribution < -0.4 is 25.6 Å². The van der Waals surface area contributed by atoms with Gasteiger partial charge in [0.25, 0.3) is 11.8 Å². The van der Waals surface area contributed by atoms with Crippen LogP contribution in [0, 0.1) is 0 Å². The van der Waals surface area contributed by atoms with Crippen LogP contribution in [0.2, 0.25) is 0 Å². The molecule has 0 fully saturated rings. The molecule has 0 unspecified atom stereocenters. The number of unbranched alkanes of at least 4 members (excludes halogenated alkanes) is 1. The van der Waals surface area contributed by atoms with Gasteiger partial charge in [0.2, 0.25) is 0 Å². The highest BCUT2D eigenvalue weighted by atomic mass is 79.9. The minimum absolute atomic E-state index is 0.0513. The standard InChI is InChI=1S/C24H23Br2N3O4S/c1-2-3-12-32-19-10-9-16(13-18(19)25)23(31)27-24(34)29-28-21(30)14-33-20-11-8-15-6-4-5-7-17(15)22(20)26/h4-11,13H,2-3,12,14H2,1H3,(H,28,30)(H2,27,29,31,34). The molecule has 178 valence electrons. The maximum Gasteiger partial charge on any atom is 0.276 e. The molecule has 3 N–H and O–H groups in total.